The maximum atomic E-state index is 13.7. The number of likely N-dealkylation sites (tertiary alicyclic amines) is 1. The fourth-order valence-corrected chi connectivity index (χ4v) is 4.79. The van der Waals surface area contributed by atoms with Crippen molar-refractivity contribution in [3.05, 3.63) is 30.1 Å². The second-order valence-electron chi connectivity index (χ2n) is 7.63. The Bertz CT molecular complexity index is 654. The standard InChI is InChI=1S/C20H27FN2O3/c1-25-18-14-23(17-4-2-3-16(21)13-17)20(18)7-9-22(10-8-20)19(24)15-5-11-26-12-6-15/h2-4,13,15,18H,5-12,14H2,1H3. The summed E-state index contributed by atoms with van der Waals surface area (Å²) in [6.07, 6.45) is 3.51. The molecule has 1 aromatic rings. The van der Waals surface area contributed by atoms with Crippen molar-refractivity contribution >= 4 is 11.6 Å². The number of hydrogen-bond acceptors (Lipinski definition) is 4. The Morgan fingerprint density at radius 3 is 2.65 bits per heavy atom. The van der Waals surface area contributed by atoms with E-state index in [1.165, 1.54) is 6.07 Å². The average Bonchev–Trinajstić information content (AvgIpc) is 2.68. The van der Waals surface area contributed by atoms with Crippen molar-refractivity contribution in [2.75, 3.05) is 44.9 Å². The zero-order chi connectivity index (χ0) is 18.1. The average molecular weight is 362 g/mol. The van der Waals surface area contributed by atoms with Gasteiger partial charge in [-0.2, -0.15) is 0 Å². The normalized spacial score (nSPS) is 26.0. The van der Waals surface area contributed by atoms with Crippen molar-refractivity contribution in [2.45, 2.75) is 37.3 Å². The van der Waals surface area contributed by atoms with Crippen LogP contribution in [-0.2, 0) is 14.3 Å². The summed E-state index contributed by atoms with van der Waals surface area (Å²) < 4.78 is 24.8. The van der Waals surface area contributed by atoms with Crippen molar-refractivity contribution in [1.82, 2.24) is 4.90 Å². The smallest absolute Gasteiger partial charge is 0.225 e. The highest BCUT2D eigenvalue weighted by Gasteiger charge is 2.55. The van der Waals surface area contributed by atoms with Gasteiger partial charge < -0.3 is 19.3 Å². The third-order valence-electron chi connectivity index (χ3n) is 6.40. The summed E-state index contributed by atoms with van der Waals surface area (Å²) >= 11 is 0. The Morgan fingerprint density at radius 1 is 1.27 bits per heavy atom. The molecule has 0 saturated carbocycles. The molecule has 142 valence electrons. The highest BCUT2D eigenvalue weighted by molar-refractivity contribution is 5.79. The summed E-state index contributed by atoms with van der Waals surface area (Å²) in [4.78, 5) is 17.1. The molecule has 3 aliphatic heterocycles. The van der Waals surface area contributed by atoms with Crippen LogP contribution in [0.15, 0.2) is 24.3 Å². The van der Waals surface area contributed by atoms with Crippen molar-refractivity contribution in [3.63, 3.8) is 0 Å². The topological polar surface area (TPSA) is 42.0 Å². The lowest BCUT2D eigenvalue weighted by Crippen LogP contribution is -2.74. The Hall–Kier alpha value is -1.66. The maximum absolute atomic E-state index is 13.7. The molecule has 0 aliphatic carbocycles. The number of methoxy groups -OCH3 is 1. The number of nitrogens with zero attached hydrogens (tertiary/aromatic N) is 2. The first-order valence-electron chi connectivity index (χ1n) is 9.56. The minimum atomic E-state index is -0.217. The van der Waals surface area contributed by atoms with Gasteiger partial charge in [0.05, 0.1) is 11.6 Å². The van der Waals surface area contributed by atoms with E-state index in [0.29, 0.717) is 13.2 Å². The summed E-state index contributed by atoms with van der Waals surface area (Å²) in [6.45, 7) is 3.62. The van der Waals surface area contributed by atoms with Crippen LogP contribution in [0, 0.1) is 11.7 Å². The monoisotopic (exact) mass is 362 g/mol. The first-order chi connectivity index (χ1) is 12.6. The van der Waals surface area contributed by atoms with Crippen LogP contribution in [0.3, 0.4) is 0 Å². The van der Waals surface area contributed by atoms with E-state index in [1.807, 2.05) is 11.0 Å². The van der Waals surface area contributed by atoms with E-state index in [-0.39, 0.29) is 29.3 Å². The minimum Gasteiger partial charge on any atom is -0.381 e. The summed E-state index contributed by atoms with van der Waals surface area (Å²) in [7, 11) is 1.74. The first kappa shape index (κ1) is 17.7. The van der Waals surface area contributed by atoms with Gasteiger partial charge in [0.25, 0.3) is 0 Å². The molecular weight excluding hydrogens is 335 g/mol. The molecule has 1 atom stereocenters. The molecule has 1 aromatic carbocycles. The number of halogens is 1. The SMILES string of the molecule is COC1CN(c2cccc(F)c2)C12CCN(C(=O)C1CCOCC1)CC2. The van der Waals surface area contributed by atoms with Gasteiger partial charge >= 0.3 is 0 Å². The molecule has 0 radical (unpaired) electrons. The van der Waals surface area contributed by atoms with Crippen molar-refractivity contribution in [3.8, 4) is 0 Å². The molecular formula is C20H27FN2O3. The number of ether oxygens (including phenoxy) is 2. The van der Waals surface area contributed by atoms with E-state index in [2.05, 4.69) is 4.90 Å². The minimum absolute atomic E-state index is 0.108. The number of hydrogen-bond donors (Lipinski definition) is 0. The molecule has 6 heteroatoms. The quantitative estimate of drug-likeness (QED) is 0.828. The van der Waals surface area contributed by atoms with Crippen molar-refractivity contribution < 1.29 is 18.7 Å². The second-order valence-corrected chi connectivity index (χ2v) is 7.63. The predicted octanol–water partition coefficient (Wildman–Crippen LogP) is 2.45. The van der Waals surface area contributed by atoms with Gasteiger partial charge in [-0.15, -0.1) is 0 Å². The summed E-state index contributed by atoms with van der Waals surface area (Å²) in [5, 5.41) is 0. The number of rotatable bonds is 3. The third-order valence-corrected chi connectivity index (χ3v) is 6.40. The van der Waals surface area contributed by atoms with Crippen LogP contribution >= 0.6 is 0 Å². The Balaban J connectivity index is 1.45. The molecule has 1 spiro atoms. The molecule has 0 N–H and O–H groups in total. The molecule has 3 saturated heterocycles. The van der Waals surface area contributed by atoms with Gasteiger partial charge in [-0.25, -0.2) is 4.39 Å². The summed E-state index contributed by atoms with van der Waals surface area (Å²) in [5.74, 6) is 0.163. The highest BCUT2D eigenvalue weighted by Crippen LogP contribution is 2.45. The molecule has 1 unspecified atom stereocenters. The number of piperidine rings is 1. The number of carbonyl (C=O) groups is 1. The summed E-state index contributed by atoms with van der Waals surface area (Å²) in [5.41, 5.74) is 0.775. The molecule has 1 amide bonds. The van der Waals surface area contributed by atoms with Crippen LogP contribution in [-0.4, -0.2) is 62.4 Å². The first-order valence-corrected chi connectivity index (χ1v) is 9.56. The summed E-state index contributed by atoms with van der Waals surface area (Å²) in [6, 6.07) is 6.77. The van der Waals surface area contributed by atoms with E-state index in [1.54, 1.807) is 19.2 Å². The second kappa shape index (κ2) is 7.16. The van der Waals surface area contributed by atoms with E-state index in [9.17, 15) is 9.18 Å². The van der Waals surface area contributed by atoms with Crippen LogP contribution in [0.1, 0.15) is 25.7 Å². The van der Waals surface area contributed by atoms with Crippen LogP contribution in [0.5, 0.6) is 0 Å². The van der Waals surface area contributed by atoms with Gasteiger partial charge in [-0.1, -0.05) is 6.07 Å². The lowest BCUT2D eigenvalue weighted by Gasteiger charge is -2.62. The third kappa shape index (κ3) is 2.99. The van der Waals surface area contributed by atoms with Gasteiger partial charge in [0, 0.05) is 51.6 Å². The fraction of sp³-hybridized carbons (Fsp3) is 0.650. The molecule has 3 heterocycles. The van der Waals surface area contributed by atoms with E-state index in [0.717, 1.165) is 51.0 Å². The molecule has 4 rings (SSSR count). The Labute approximate surface area is 154 Å². The van der Waals surface area contributed by atoms with Gasteiger partial charge in [-0.3, -0.25) is 4.79 Å². The lowest BCUT2D eigenvalue weighted by atomic mass is 9.73. The van der Waals surface area contributed by atoms with Crippen molar-refractivity contribution in [2.24, 2.45) is 5.92 Å². The van der Waals surface area contributed by atoms with Gasteiger partial charge in [0.2, 0.25) is 5.91 Å². The number of anilines is 1. The molecule has 3 fully saturated rings. The predicted molar refractivity (Wildman–Crippen MR) is 96.6 cm³/mol. The maximum Gasteiger partial charge on any atom is 0.225 e. The zero-order valence-corrected chi connectivity index (χ0v) is 15.3. The molecule has 0 bridgehead atoms. The van der Waals surface area contributed by atoms with Crippen LogP contribution in [0.2, 0.25) is 0 Å². The van der Waals surface area contributed by atoms with Crippen LogP contribution in [0.25, 0.3) is 0 Å². The highest BCUT2D eigenvalue weighted by atomic mass is 19.1. The van der Waals surface area contributed by atoms with Gasteiger partial charge in [0.1, 0.15) is 5.82 Å². The lowest BCUT2D eigenvalue weighted by molar-refractivity contribution is -0.142. The van der Waals surface area contributed by atoms with Crippen LogP contribution in [0.4, 0.5) is 10.1 Å². The van der Waals surface area contributed by atoms with Crippen LogP contribution < -0.4 is 4.90 Å². The number of benzene rings is 1. The van der Waals surface area contributed by atoms with Gasteiger partial charge in [0.15, 0.2) is 0 Å². The fourth-order valence-electron chi connectivity index (χ4n) is 4.79. The molecule has 26 heavy (non-hydrogen) atoms. The Kier molecular flexibility index (Phi) is 4.88. The molecule has 5 nitrogen and oxygen atoms in total. The van der Waals surface area contributed by atoms with Crippen molar-refractivity contribution in [1.29, 1.82) is 0 Å². The van der Waals surface area contributed by atoms with E-state index >= 15 is 0 Å². The molecule has 0 aromatic heterocycles. The number of carbonyl (C=O) groups excluding carboxylic acids is 1. The van der Waals surface area contributed by atoms with Gasteiger partial charge in [-0.05, 0) is 43.9 Å². The largest absolute Gasteiger partial charge is 0.381 e. The molecule has 3 aliphatic rings. The van der Waals surface area contributed by atoms with E-state index in [4.69, 9.17) is 9.47 Å². The number of amides is 1. The zero-order valence-electron chi connectivity index (χ0n) is 15.3. The Morgan fingerprint density at radius 2 is 2.00 bits per heavy atom. The van der Waals surface area contributed by atoms with E-state index < -0.39 is 0 Å².